The van der Waals surface area contributed by atoms with Crippen LogP contribution in [0.1, 0.15) is 20.4 Å². The standard InChI is InChI=1S/C18H13ClFN3O2S/c1-25-15-8-7-11(10-14(15)20)9-13(19)17-22-23-18(26-17)16(24)21-12-5-3-2-4-6-12/h2-10H,1H3,(H,21,24)/b13-9-. The molecule has 0 bridgehead atoms. The van der Waals surface area contributed by atoms with Crippen LogP contribution < -0.4 is 10.1 Å². The van der Waals surface area contributed by atoms with Gasteiger partial charge in [-0.15, -0.1) is 10.2 Å². The number of anilines is 1. The van der Waals surface area contributed by atoms with E-state index in [1.165, 1.54) is 19.2 Å². The van der Waals surface area contributed by atoms with E-state index in [2.05, 4.69) is 15.5 Å². The largest absolute Gasteiger partial charge is 0.494 e. The molecule has 0 unspecified atom stereocenters. The Morgan fingerprint density at radius 3 is 2.62 bits per heavy atom. The fourth-order valence-electron chi connectivity index (χ4n) is 2.10. The van der Waals surface area contributed by atoms with Gasteiger partial charge < -0.3 is 10.1 Å². The molecule has 5 nitrogen and oxygen atoms in total. The molecule has 132 valence electrons. The topological polar surface area (TPSA) is 64.1 Å². The van der Waals surface area contributed by atoms with E-state index in [-0.39, 0.29) is 21.7 Å². The minimum Gasteiger partial charge on any atom is -0.494 e. The minimum atomic E-state index is -0.495. The Bertz CT molecular complexity index is 960. The number of methoxy groups -OCH3 is 1. The van der Waals surface area contributed by atoms with E-state index >= 15 is 0 Å². The molecule has 1 N–H and O–H groups in total. The zero-order valence-corrected chi connectivity index (χ0v) is 15.1. The van der Waals surface area contributed by atoms with E-state index in [0.717, 1.165) is 11.3 Å². The fraction of sp³-hybridized carbons (Fsp3) is 0.0556. The van der Waals surface area contributed by atoms with Gasteiger partial charge in [-0.25, -0.2) is 4.39 Å². The molecule has 0 fully saturated rings. The van der Waals surface area contributed by atoms with Gasteiger partial charge in [0, 0.05) is 5.69 Å². The van der Waals surface area contributed by atoms with Gasteiger partial charge in [0.25, 0.3) is 5.91 Å². The highest BCUT2D eigenvalue weighted by molar-refractivity contribution is 7.15. The van der Waals surface area contributed by atoms with Crippen LogP contribution in [0.3, 0.4) is 0 Å². The number of hydrogen-bond donors (Lipinski definition) is 1. The lowest BCUT2D eigenvalue weighted by Crippen LogP contribution is -2.11. The second-order valence-electron chi connectivity index (χ2n) is 5.12. The Hall–Kier alpha value is -2.77. The van der Waals surface area contributed by atoms with Crippen LogP contribution in [0.5, 0.6) is 5.75 Å². The number of benzene rings is 2. The third-order valence-electron chi connectivity index (χ3n) is 3.32. The maximum Gasteiger partial charge on any atom is 0.286 e. The predicted octanol–water partition coefficient (Wildman–Crippen LogP) is 4.68. The third-order valence-corrected chi connectivity index (χ3v) is 4.68. The average molecular weight is 390 g/mol. The smallest absolute Gasteiger partial charge is 0.286 e. The second kappa shape index (κ2) is 8.07. The van der Waals surface area contributed by atoms with Gasteiger partial charge >= 0.3 is 0 Å². The van der Waals surface area contributed by atoms with E-state index in [9.17, 15) is 9.18 Å². The van der Waals surface area contributed by atoms with Gasteiger partial charge in [-0.1, -0.05) is 47.2 Å². The highest BCUT2D eigenvalue weighted by Gasteiger charge is 2.15. The van der Waals surface area contributed by atoms with Crippen molar-refractivity contribution < 1.29 is 13.9 Å². The van der Waals surface area contributed by atoms with Crippen LogP contribution in [0.25, 0.3) is 11.1 Å². The number of hydrogen-bond acceptors (Lipinski definition) is 5. The normalized spacial score (nSPS) is 11.3. The summed E-state index contributed by atoms with van der Waals surface area (Å²) < 4.78 is 18.6. The minimum absolute atomic E-state index is 0.147. The lowest BCUT2D eigenvalue weighted by Gasteiger charge is -2.02. The van der Waals surface area contributed by atoms with Crippen molar-refractivity contribution in [2.75, 3.05) is 12.4 Å². The molecule has 0 atom stereocenters. The van der Waals surface area contributed by atoms with Gasteiger partial charge in [-0.05, 0) is 35.9 Å². The lowest BCUT2D eigenvalue weighted by molar-refractivity contribution is 0.102. The fourth-order valence-corrected chi connectivity index (χ4v) is 3.02. The maximum absolute atomic E-state index is 13.7. The number of halogens is 2. The van der Waals surface area contributed by atoms with E-state index in [1.807, 2.05) is 18.2 Å². The first-order valence-corrected chi connectivity index (χ1v) is 8.67. The maximum atomic E-state index is 13.7. The molecule has 1 heterocycles. The number of rotatable bonds is 5. The van der Waals surface area contributed by atoms with Crippen molar-refractivity contribution in [1.82, 2.24) is 10.2 Å². The lowest BCUT2D eigenvalue weighted by atomic mass is 10.2. The Morgan fingerprint density at radius 1 is 1.19 bits per heavy atom. The number of aromatic nitrogens is 2. The highest BCUT2D eigenvalue weighted by Crippen LogP contribution is 2.27. The van der Waals surface area contributed by atoms with Crippen molar-refractivity contribution in [1.29, 1.82) is 0 Å². The van der Waals surface area contributed by atoms with Crippen molar-refractivity contribution in [3.05, 3.63) is 69.9 Å². The SMILES string of the molecule is COc1ccc(/C=C(\Cl)c2nnc(C(=O)Nc3ccccc3)s2)cc1F. The molecule has 8 heteroatoms. The molecule has 26 heavy (non-hydrogen) atoms. The molecule has 1 amide bonds. The monoisotopic (exact) mass is 389 g/mol. The number of nitrogens with zero attached hydrogens (tertiary/aromatic N) is 2. The van der Waals surface area contributed by atoms with Crippen LogP contribution in [0, 0.1) is 5.82 Å². The van der Waals surface area contributed by atoms with Crippen LogP contribution in [-0.2, 0) is 0 Å². The second-order valence-corrected chi connectivity index (χ2v) is 6.50. The van der Waals surface area contributed by atoms with Crippen molar-refractivity contribution in [2.24, 2.45) is 0 Å². The van der Waals surface area contributed by atoms with Gasteiger partial charge in [0.15, 0.2) is 16.6 Å². The van der Waals surface area contributed by atoms with Crippen molar-refractivity contribution in [2.45, 2.75) is 0 Å². The van der Waals surface area contributed by atoms with E-state index in [1.54, 1.807) is 24.3 Å². The van der Waals surface area contributed by atoms with Crippen LogP contribution in [0.2, 0.25) is 0 Å². The molecule has 0 aliphatic rings. The van der Waals surface area contributed by atoms with Crippen LogP contribution >= 0.6 is 22.9 Å². The molecule has 0 aliphatic heterocycles. The van der Waals surface area contributed by atoms with Crippen molar-refractivity contribution in [3.8, 4) is 5.75 Å². The first-order chi connectivity index (χ1) is 12.6. The van der Waals surface area contributed by atoms with Gasteiger partial charge in [-0.2, -0.15) is 0 Å². The molecule has 0 saturated carbocycles. The zero-order valence-electron chi connectivity index (χ0n) is 13.6. The summed E-state index contributed by atoms with van der Waals surface area (Å²) in [5.74, 6) is -0.722. The summed E-state index contributed by atoms with van der Waals surface area (Å²) in [5, 5.41) is 11.3. The molecular formula is C18H13ClFN3O2S. The first kappa shape index (κ1) is 18.0. The Labute approximate surface area is 158 Å². The number of carbonyl (C=O) groups excluding carboxylic acids is 1. The molecule has 1 aromatic heterocycles. The van der Waals surface area contributed by atoms with Gasteiger partial charge in [0.05, 0.1) is 12.1 Å². The molecule has 0 spiro atoms. The van der Waals surface area contributed by atoms with Gasteiger partial charge in [0.2, 0.25) is 5.01 Å². The zero-order chi connectivity index (χ0) is 18.5. The first-order valence-electron chi connectivity index (χ1n) is 7.48. The molecule has 0 saturated heterocycles. The van der Waals surface area contributed by atoms with E-state index in [0.29, 0.717) is 16.3 Å². The Balaban J connectivity index is 1.76. The molecule has 3 rings (SSSR count). The third kappa shape index (κ3) is 4.25. The summed E-state index contributed by atoms with van der Waals surface area (Å²) >= 11 is 7.28. The summed E-state index contributed by atoms with van der Waals surface area (Å²) in [7, 11) is 1.39. The molecule has 3 aromatic rings. The van der Waals surface area contributed by atoms with Crippen LogP contribution in [0.15, 0.2) is 48.5 Å². The van der Waals surface area contributed by atoms with E-state index in [4.69, 9.17) is 16.3 Å². The number of ether oxygens (including phenoxy) is 1. The molecular weight excluding hydrogens is 377 g/mol. The van der Waals surface area contributed by atoms with Crippen LogP contribution in [-0.4, -0.2) is 23.2 Å². The molecule has 0 radical (unpaired) electrons. The van der Waals surface area contributed by atoms with Gasteiger partial charge in [0.1, 0.15) is 0 Å². The summed E-state index contributed by atoms with van der Waals surface area (Å²) in [6, 6.07) is 13.5. The summed E-state index contributed by atoms with van der Waals surface area (Å²) in [5.41, 5.74) is 1.20. The Kier molecular flexibility index (Phi) is 5.60. The number of carbonyl (C=O) groups is 1. The van der Waals surface area contributed by atoms with Crippen LogP contribution in [0.4, 0.5) is 10.1 Å². The van der Waals surface area contributed by atoms with Gasteiger partial charge in [-0.3, -0.25) is 4.79 Å². The van der Waals surface area contributed by atoms with Crippen molar-refractivity contribution >= 4 is 45.6 Å². The molecule has 2 aromatic carbocycles. The number of nitrogens with one attached hydrogen (secondary N) is 1. The van der Waals surface area contributed by atoms with Crippen molar-refractivity contribution in [3.63, 3.8) is 0 Å². The predicted molar refractivity (Wildman–Crippen MR) is 101 cm³/mol. The number of para-hydroxylation sites is 1. The Morgan fingerprint density at radius 2 is 1.92 bits per heavy atom. The summed E-state index contributed by atoms with van der Waals surface area (Å²) in [6.07, 6.45) is 1.55. The highest BCUT2D eigenvalue weighted by atomic mass is 35.5. The average Bonchev–Trinajstić information content (AvgIpc) is 3.13. The quantitative estimate of drug-likeness (QED) is 0.688. The summed E-state index contributed by atoms with van der Waals surface area (Å²) in [4.78, 5) is 12.2. The number of amides is 1. The van der Waals surface area contributed by atoms with E-state index < -0.39 is 5.82 Å². The summed E-state index contributed by atoms with van der Waals surface area (Å²) in [6.45, 7) is 0. The molecule has 0 aliphatic carbocycles.